The number of esters is 1. The third kappa shape index (κ3) is 2.70. The van der Waals surface area contributed by atoms with Crippen molar-refractivity contribution >= 4 is 16.8 Å². The van der Waals surface area contributed by atoms with Crippen LogP contribution in [0.4, 0.5) is 0 Å². The summed E-state index contributed by atoms with van der Waals surface area (Å²) in [5.74, 6) is 0.414. The lowest BCUT2D eigenvalue weighted by Gasteiger charge is -2.09. The molecule has 0 aromatic heterocycles. The van der Waals surface area contributed by atoms with E-state index >= 15 is 0 Å². The number of rotatable bonds is 3. The molecule has 0 aliphatic carbocycles. The van der Waals surface area contributed by atoms with E-state index in [9.17, 15) is 9.00 Å². The molecule has 1 aliphatic heterocycles. The molecule has 0 saturated carbocycles. The van der Waals surface area contributed by atoms with Crippen LogP contribution in [0.5, 0.6) is 0 Å². The van der Waals surface area contributed by atoms with Crippen LogP contribution in [0.15, 0.2) is 30.3 Å². The molecule has 2 unspecified atom stereocenters. The highest BCUT2D eigenvalue weighted by Gasteiger charge is 2.24. The van der Waals surface area contributed by atoms with Crippen molar-refractivity contribution in [3.05, 3.63) is 35.9 Å². The van der Waals surface area contributed by atoms with Crippen molar-refractivity contribution in [3.63, 3.8) is 0 Å². The van der Waals surface area contributed by atoms with Crippen molar-refractivity contribution in [2.75, 3.05) is 12.4 Å². The highest BCUT2D eigenvalue weighted by atomic mass is 32.2. The zero-order valence-corrected chi connectivity index (χ0v) is 9.74. The third-order valence-corrected chi connectivity index (χ3v) is 4.46. The molecule has 1 aromatic rings. The number of benzene rings is 1. The number of hydrogen-bond acceptors (Lipinski definition) is 3. The van der Waals surface area contributed by atoms with Crippen LogP contribution in [0, 0.1) is 0 Å². The maximum atomic E-state index is 11.6. The molecular weight excluding hydrogens is 224 g/mol. The Labute approximate surface area is 97.3 Å². The average Bonchev–Trinajstić information content (AvgIpc) is 2.73. The number of hydrogen-bond donors (Lipinski definition) is 0. The second kappa shape index (κ2) is 5.25. The maximum absolute atomic E-state index is 11.6. The molecule has 0 spiro atoms. The summed E-state index contributed by atoms with van der Waals surface area (Å²) in [7, 11) is -0.811. The molecule has 0 N–H and O–H groups in total. The highest BCUT2D eigenvalue weighted by molar-refractivity contribution is 7.85. The third-order valence-electron chi connectivity index (χ3n) is 2.65. The maximum Gasteiger partial charge on any atom is 0.338 e. The monoisotopic (exact) mass is 238 g/mol. The minimum absolute atomic E-state index is 0.0349. The van der Waals surface area contributed by atoms with Crippen LogP contribution < -0.4 is 0 Å². The van der Waals surface area contributed by atoms with Crippen LogP contribution in [0.1, 0.15) is 23.2 Å². The predicted octanol–water partition coefficient (Wildman–Crippen LogP) is 1.75. The quantitative estimate of drug-likeness (QED) is 0.754. The lowest BCUT2D eigenvalue weighted by molar-refractivity contribution is 0.0505. The van der Waals surface area contributed by atoms with Crippen molar-refractivity contribution in [2.45, 2.75) is 18.1 Å². The summed E-state index contributed by atoms with van der Waals surface area (Å²) in [5.41, 5.74) is 0.547. The van der Waals surface area contributed by atoms with E-state index in [2.05, 4.69) is 0 Å². The summed E-state index contributed by atoms with van der Waals surface area (Å²) < 4.78 is 16.6. The van der Waals surface area contributed by atoms with Crippen molar-refractivity contribution in [1.82, 2.24) is 0 Å². The van der Waals surface area contributed by atoms with Gasteiger partial charge in [-0.1, -0.05) is 18.2 Å². The molecule has 4 heteroatoms. The minimum atomic E-state index is -0.811. The molecule has 0 radical (unpaired) electrons. The summed E-state index contributed by atoms with van der Waals surface area (Å²) in [6.45, 7) is 0.278. The minimum Gasteiger partial charge on any atom is -0.461 e. The van der Waals surface area contributed by atoms with Crippen molar-refractivity contribution < 1.29 is 13.7 Å². The molecule has 86 valence electrons. The largest absolute Gasteiger partial charge is 0.461 e. The fourth-order valence-electron chi connectivity index (χ4n) is 1.74. The van der Waals surface area contributed by atoms with Crippen LogP contribution in [-0.4, -0.2) is 27.8 Å². The van der Waals surface area contributed by atoms with E-state index < -0.39 is 10.8 Å². The van der Waals surface area contributed by atoms with Gasteiger partial charge in [0.25, 0.3) is 0 Å². The predicted molar refractivity (Wildman–Crippen MR) is 62.8 cm³/mol. The van der Waals surface area contributed by atoms with Gasteiger partial charge in [-0.3, -0.25) is 4.21 Å². The smallest absolute Gasteiger partial charge is 0.338 e. The normalized spacial score (nSPS) is 24.2. The van der Waals surface area contributed by atoms with Crippen molar-refractivity contribution in [3.8, 4) is 0 Å². The fraction of sp³-hybridized carbons (Fsp3) is 0.417. The summed E-state index contributed by atoms with van der Waals surface area (Å²) >= 11 is 0. The molecule has 3 nitrogen and oxygen atoms in total. The Morgan fingerprint density at radius 3 is 2.75 bits per heavy atom. The van der Waals surface area contributed by atoms with Gasteiger partial charge in [0, 0.05) is 16.6 Å². The highest BCUT2D eigenvalue weighted by Crippen LogP contribution is 2.16. The van der Waals surface area contributed by atoms with Gasteiger partial charge < -0.3 is 4.74 Å². The second-order valence-electron chi connectivity index (χ2n) is 3.81. The van der Waals surface area contributed by atoms with E-state index in [-0.39, 0.29) is 17.8 Å². The Bertz CT molecular complexity index is 389. The molecule has 1 heterocycles. The average molecular weight is 238 g/mol. The number of carbonyl (C=O) groups is 1. The molecule has 0 amide bonds. The molecule has 2 rings (SSSR count). The topological polar surface area (TPSA) is 43.4 Å². The molecule has 0 bridgehead atoms. The Kier molecular flexibility index (Phi) is 3.72. The number of carbonyl (C=O) groups excluding carboxylic acids is 1. The second-order valence-corrected chi connectivity index (χ2v) is 5.65. The van der Waals surface area contributed by atoms with Crippen LogP contribution in [0.25, 0.3) is 0 Å². The van der Waals surface area contributed by atoms with E-state index in [1.54, 1.807) is 24.3 Å². The van der Waals surface area contributed by atoms with Gasteiger partial charge in [-0.25, -0.2) is 4.79 Å². The van der Waals surface area contributed by atoms with Gasteiger partial charge in [0.05, 0.1) is 10.8 Å². The first-order valence-electron chi connectivity index (χ1n) is 5.37. The van der Waals surface area contributed by atoms with Crippen LogP contribution in [0.3, 0.4) is 0 Å². The zero-order chi connectivity index (χ0) is 11.4. The van der Waals surface area contributed by atoms with Gasteiger partial charge in [-0.05, 0) is 25.0 Å². The van der Waals surface area contributed by atoms with Crippen molar-refractivity contribution in [2.24, 2.45) is 0 Å². The fourth-order valence-corrected chi connectivity index (χ4v) is 3.17. The SMILES string of the molecule is O=C(OCC1CCCS1=O)c1ccccc1. The molecule has 16 heavy (non-hydrogen) atoms. The molecule has 1 aliphatic rings. The van der Waals surface area contributed by atoms with Crippen LogP contribution in [-0.2, 0) is 15.5 Å². The van der Waals surface area contributed by atoms with E-state index in [0.717, 1.165) is 18.6 Å². The van der Waals surface area contributed by atoms with Gasteiger partial charge in [-0.2, -0.15) is 0 Å². The zero-order valence-electron chi connectivity index (χ0n) is 8.93. The molecule has 1 saturated heterocycles. The molecule has 2 atom stereocenters. The van der Waals surface area contributed by atoms with E-state index in [0.29, 0.717) is 5.56 Å². The molecular formula is C12H14O3S. The van der Waals surface area contributed by atoms with E-state index in [1.807, 2.05) is 6.07 Å². The first kappa shape index (κ1) is 11.3. The lowest BCUT2D eigenvalue weighted by atomic mass is 10.2. The van der Waals surface area contributed by atoms with Gasteiger partial charge in [0.15, 0.2) is 0 Å². The van der Waals surface area contributed by atoms with Crippen molar-refractivity contribution in [1.29, 1.82) is 0 Å². The standard InChI is InChI=1S/C12H14O3S/c13-12(10-5-2-1-3-6-10)15-9-11-7-4-8-16(11)14/h1-3,5-6,11H,4,7-9H2. The van der Waals surface area contributed by atoms with Gasteiger partial charge in [-0.15, -0.1) is 0 Å². The Morgan fingerprint density at radius 2 is 2.12 bits per heavy atom. The summed E-state index contributed by atoms with van der Waals surface area (Å²) in [6.07, 6.45) is 1.87. The Morgan fingerprint density at radius 1 is 1.38 bits per heavy atom. The van der Waals surface area contributed by atoms with Gasteiger partial charge in [0.2, 0.25) is 0 Å². The number of ether oxygens (including phenoxy) is 1. The van der Waals surface area contributed by atoms with Gasteiger partial charge >= 0.3 is 5.97 Å². The summed E-state index contributed by atoms with van der Waals surface area (Å²) in [5, 5.41) is 0.0349. The summed E-state index contributed by atoms with van der Waals surface area (Å²) in [4.78, 5) is 11.6. The Hall–Kier alpha value is -1.16. The van der Waals surface area contributed by atoms with Crippen LogP contribution >= 0.6 is 0 Å². The molecule has 1 aromatic carbocycles. The van der Waals surface area contributed by atoms with E-state index in [4.69, 9.17) is 4.74 Å². The Balaban J connectivity index is 1.87. The van der Waals surface area contributed by atoms with Gasteiger partial charge in [0.1, 0.15) is 6.61 Å². The summed E-state index contributed by atoms with van der Waals surface area (Å²) in [6, 6.07) is 8.87. The van der Waals surface area contributed by atoms with Crippen LogP contribution in [0.2, 0.25) is 0 Å². The first-order chi connectivity index (χ1) is 7.77. The first-order valence-corrected chi connectivity index (χ1v) is 6.75. The molecule has 1 fully saturated rings. The van der Waals surface area contributed by atoms with E-state index in [1.165, 1.54) is 0 Å². The lowest BCUT2D eigenvalue weighted by Crippen LogP contribution is -2.19.